The number of benzene rings is 2. The van der Waals surface area contributed by atoms with Crippen molar-refractivity contribution in [1.29, 1.82) is 5.26 Å². The van der Waals surface area contributed by atoms with E-state index in [0.717, 1.165) is 22.2 Å². The van der Waals surface area contributed by atoms with Crippen LogP contribution in [0.1, 0.15) is 23.7 Å². The van der Waals surface area contributed by atoms with Crippen molar-refractivity contribution in [1.82, 2.24) is 9.97 Å². The second-order valence-corrected chi connectivity index (χ2v) is 7.28. The maximum absolute atomic E-state index is 12.4. The molecule has 7 nitrogen and oxygen atoms in total. The fraction of sp³-hybridized carbons (Fsp3) is 0.111. The first kappa shape index (κ1) is 22.5. The Morgan fingerprint density at radius 2 is 1.94 bits per heavy atom. The van der Waals surface area contributed by atoms with Crippen LogP contribution in [0.2, 0.25) is 0 Å². The smallest absolute Gasteiger partial charge is 0.248 e. The number of rotatable bonds is 8. The molecule has 2 aromatic heterocycles. The molecule has 4 rings (SSSR count). The van der Waals surface area contributed by atoms with Gasteiger partial charge in [0, 0.05) is 29.5 Å². The number of pyridine rings is 2. The third-order valence-electron chi connectivity index (χ3n) is 4.91. The van der Waals surface area contributed by atoms with Crippen molar-refractivity contribution in [2.45, 2.75) is 13.5 Å². The summed E-state index contributed by atoms with van der Waals surface area (Å²) in [6.45, 7) is 2.67. The van der Waals surface area contributed by atoms with Gasteiger partial charge in [-0.25, -0.2) is 0 Å². The SMILES string of the molecule is CCOc1c(C#N)cnc2ccc(C=CC(=O)Nc3ccc(OCc4ccccn4)cc3)cc12. The molecule has 0 spiro atoms. The topological polar surface area (TPSA) is 97.1 Å². The lowest BCUT2D eigenvalue weighted by Crippen LogP contribution is -2.07. The van der Waals surface area contributed by atoms with Crippen LogP contribution in [0.25, 0.3) is 17.0 Å². The van der Waals surface area contributed by atoms with Crippen LogP contribution in [0, 0.1) is 11.3 Å². The fourth-order valence-electron chi connectivity index (χ4n) is 3.30. The van der Waals surface area contributed by atoms with Crippen LogP contribution in [-0.2, 0) is 11.4 Å². The van der Waals surface area contributed by atoms with Gasteiger partial charge in [-0.3, -0.25) is 14.8 Å². The van der Waals surface area contributed by atoms with Crippen LogP contribution in [-0.4, -0.2) is 22.5 Å². The van der Waals surface area contributed by atoms with Crippen LogP contribution in [0.15, 0.2) is 79.1 Å². The molecule has 4 aromatic rings. The summed E-state index contributed by atoms with van der Waals surface area (Å²) in [6.07, 6.45) is 6.38. The van der Waals surface area contributed by atoms with Gasteiger partial charge in [-0.05, 0) is 67.1 Å². The molecule has 0 bridgehead atoms. The first-order valence-corrected chi connectivity index (χ1v) is 10.7. The summed E-state index contributed by atoms with van der Waals surface area (Å²) < 4.78 is 11.4. The quantitative estimate of drug-likeness (QED) is 0.374. The van der Waals surface area contributed by atoms with Gasteiger partial charge in [-0.1, -0.05) is 12.1 Å². The van der Waals surface area contributed by atoms with Crippen molar-refractivity contribution < 1.29 is 14.3 Å². The van der Waals surface area contributed by atoms with Crippen LogP contribution < -0.4 is 14.8 Å². The van der Waals surface area contributed by atoms with E-state index in [2.05, 4.69) is 21.4 Å². The number of hydrogen-bond donors (Lipinski definition) is 1. The van der Waals surface area contributed by atoms with E-state index in [0.29, 0.717) is 36.0 Å². The molecule has 2 heterocycles. The normalized spacial score (nSPS) is 10.7. The maximum Gasteiger partial charge on any atom is 0.248 e. The zero-order valence-corrected chi connectivity index (χ0v) is 18.6. The summed E-state index contributed by atoms with van der Waals surface area (Å²) >= 11 is 0. The second kappa shape index (κ2) is 10.7. The summed E-state index contributed by atoms with van der Waals surface area (Å²) in [6, 6.07) is 20.5. The Kier molecular flexibility index (Phi) is 7.11. The van der Waals surface area contributed by atoms with E-state index in [4.69, 9.17) is 9.47 Å². The molecule has 0 aliphatic rings. The summed E-state index contributed by atoms with van der Waals surface area (Å²) in [5.41, 5.74) is 3.38. The molecule has 1 amide bonds. The average molecular weight is 450 g/mol. The molecule has 0 atom stereocenters. The zero-order chi connectivity index (χ0) is 23.8. The van der Waals surface area contributed by atoms with Crippen molar-refractivity contribution in [3.05, 3.63) is 96.0 Å². The monoisotopic (exact) mass is 450 g/mol. The lowest BCUT2D eigenvalue weighted by Gasteiger charge is -2.09. The molecule has 7 heteroatoms. The molecule has 168 valence electrons. The number of aromatic nitrogens is 2. The van der Waals surface area contributed by atoms with Crippen LogP contribution in [0.3, 0.4) is 0 Å². The van der Waals surface area contributed by atoms with Gasteiger partial charge in [-0.2, -0.15) is 5.26 Å². The van der Waals surface area contributed by atoms with E-state index in [1.807, 2.05) is 43.3 Å². The molecular formula is C27H22N4O3. The number of ether oxygens (including phenoxy) is 2. The molecule has 1 N–H and O–H groups in total. The minimum atomic E-state index is -0.267. The standard InChI is InChI=1S/C27H22N4O3/c1-2-33-27-20(16-28)17-30-25-12-6-19(15-24(25)27)7-13-26(32)31-21-8-10-23(11-9-21)34-18-22-5-3-4-14-29-22/h3-15,17H,2,18H2,1H3,(H,31,32). The Morgan fingerprint density at radius 1 is 1.09 bits per heavy atom. The minimum absolute atomic E-state index is 0.267. The second-order valence-electron chi connectivity index (χ2n) is 7.28. The van der Waals surface area contributed by atoms with Gasteiger partial charge in [-0.15, -0.1) is 0 Å². The van der Waals surface area contributed by atoms with Gasteiger partial charge in [0.25, 0.3) is 0 Å². The van der Waals surface area contributed by atoms with E-state index in [9.17, 15) is 10.1 Å². The number of nitriles is 1. The third-order valence-corrected chi connectivity index (χ3v) is 4.91. The largest absolute Gasteiger partial charge is 0.492 e. The van der Waals surface area contributed by atoms with Gasteiger partial charge < -0.3 is 14.8 Å². The Balaban J connectivity index is 1.40. The maximum atomic E-state index is 12.4. The van der Waals surface area contributed by atoms with Crippen molar-refractivity contribution >= 4 is 28.6 Å². The Morgan fingerprint density at radius 3 is 2.68 bits per heavy atom. The van der Waals surface area contributed by atoms with Crippen LogP contribution in [0.4, 0.5) is 5.69 Å². The van der Waals surface area contributed by atoms with E-state index < -0.39 is 0 Å². The van der Waals surface area contributed by atoms with Crippen molar-refractivity contribution in [2.75, 3.05) is 11.9 Å². The molecule has 34 heavy (non-hydrogen) atoms. The molecule has 2 aromatic carbocycles. The predicted molar refractivity (Wildman–Crippen MR) is 130 cm³/mol. The number of nitrogens with zero attached hydrogens (tertiary/aromatic N) is 3. The summed E-state index contributed by atoms with van der Waals surface area (Å²) in [7, 11) is 0. The van der Waals surface area contributed by atoms with Crippen LogP contribution >= 0.6 is 0 Å². The average Bonchev–Trinajstić information content (AvgIpc) is 2.88. The summed E-state index contributed by atoms with van der Waals surface area (Å²) in [5, 5.41) is 12.9. The van der Waals surface area contributed by atoms with Gasteiger partial charge in [0.05, 0.1) is 17.8 Å². The van der Waals surface area contributed by atoms with E-state index in [1.54, 1.807) is 36.5 Å². The highest BCUT2D eigenvalue weighted by molar-refractivity contribution is 6.02. The highest BCUT2D eigenvalue weighted by Gasteiger charge is 2.10. The number of amides is 1. The van der Waals surface area contributed by atoms with Gasteiger partial charge >= 0.3 is 0 Å². The lowest BCUT2D eigenvalue weighted by atomic mass is 10.1. The van der Waals surface area contributed by atoms with Crippen molar-refractivity contribution in [2.24, 2.45) is 0 Å². The zero-order valence-electron chi connectivity index (χ0n) is 18.6. The first-order chi connectivity index (χ1) is 16.7. The van der Waals surface area contributed by atoms with E-state index in [1.165, 1.54) is 12.3 Å². The Labute approximate surface area is 197 Å². The number of fused-ring (bicyclic) bond motifs is 1. The van der Waals surface area contributed by atoms with Crippen LogP contribution in [0.5, 0.6) is 11.5 Å². The number of anilines is 1. The molecule has 0 saturated carbocycles. The Bertz CT molecular complexity index is 1360. The molecule has 0 radical (unpaired) electrons. The molecule has 0 aliphatic heterocycles. The Hall–Kier alpha value is -4.70. The predicted octanol–water partition coefficient (Wildman–Crippen LogP) is 5.13. The third kappa shape index (κ3) is 5.56. The lowest BCUT2D eigenvalue weighted by molar-refractivity contribution is -0.111. The first-order valence-electron chi connectivity index (χ1n) is 10.7. The summed E-state index contributed by atoms with van der Waals surface area (Å²) in [5.74, 6) is 0.919. The van der Waals surface area contributed by atoms with Gasteiger partial charge in [0.2, 0.25) is 5.91 Å². The molecular weight excluding hydrogens is 428 g/mol. The van der Waals surface area contributed by atoms with Crippen molar-refractivity contribution in [3.63, 3.8) is 0 Å². The highest BCUT2D eigenvalue weighted by atomic mass is 16.5. The number of nitrogens with one attached hydrogen (secondary N) is 1. The molecule has 0 aliphatic carbocycles. The number of carbonyl (C=O) groups excluding carboxylic acids is 1. The molecule has 0 unspecified atom stereocenters. The van der Waals surface area contributed by atoms with E-state index in [-0.39, 0.29) is 5.91 Å². The van der Waals surface area contributed by atoms with E-state index >= 15 is 0 Å². The molecule has 0 fully saturated rings. The van der Waals surface area contributed by atoms with Crippen molar-refractivity contribution in [3.8, 4) is 17.6 Å². The number of hydrogen-bond acceptors (Lipinski definition) is 6. The minimum Gasteiger partial charge on any atom is -0.492 e. The highest BCUT2D eigenvalue weighted by Crippen LogP contribution is 2.29. The van der Waals surface area contributed by atoms with Gasteiger partial charge in [0.15, 0.2) is 0 Å². The summed E-state index contributed by atoms with van der Waals surface area (Å²) in [4.78, 5) is 20.9. The molecule has 0 saturated heterocycles. The number of carbonyl (C=O) groups is 1. The fourth-order valence-corrected chi connectivity index (χ4v) is 3.30. The van der Waals surface area contributed by atoms with Gasteiger partial charge in [0.1, 0.15) is 29.7 Å².